The van der Waals surface area contributed by atoms with Crippen molar-refractivity contribution in [1.82, 2.24) is 5.43 Å². The van der Waals surface area contributed by atoms with Crippen LogP contribution in [0.5, 0.6) is 11.5 Å². The standard InChI is InChI=1S/C17H18FN3O2S/c1-3-23-15-9-4-12(10-16(15)22-2)11-19-21-17(24)20-14-7-5-13(18)6-8-14/h4-11H,3H2,1-2H3,(H2,20,21,24)/b19-11-. The van der Waals surface area contributed by atoms with Gasteiger partial charge >= 0.3 is 0 Å². The van der Waals surface area contributed by atoms with E-state index in [0.717, 1.165) is 5.56 Å². The summed E-state index contributed by atoms with van der Waals surface area (Å²) in [4.78, 5) is 0. The van der Waals surface area contributed by atoms with Gasteiger partial charge in [-0.25, -0.2) is 4.39 Å². The van der Waals surface area contributed by atoms with Crippen LogP contribution in [0.2, 0.25) is 0 Å². The van der Waals surface area contributed by atoms with Gasteiger partial charge in [-0.2, -0.15) is 5.10 Å². The molecule has 0 aromatic heterocycles. The van der Waals surface area contributed by atoms with Gasteiger partial charge in [0.2, 0.25) is 0 Å². The fourth-order valence-electron chi connectivity index (χ4n) is 1.90. The van der Waals surface area contributed by atoms with E-state index in [2.05, 4.69) is 15.8 Å². The maximum absolute atomic E-state index is 12.8. The zero-order valence-corrected chi connectivity index (χ0v) is 14.2. The molecule has 0 bridgehead atoms. The van der Waals surface area contributed by atoms with Crippen LogP contribution >= 0.6 is 12.2 Å². The van der Waals surface area contributed by atoms with Crippen LogP contribution in [-0.2, 0) is 0 Å². The third-order valence-corrected chi connectivity index (χ3v) is 3.16. The Labute approximate surface area is 145 Å². The molecule has 2 N–H and O–H groups in total. The van der Waals surface area contributed by atoms with E-state index < -0.39 is 0 Å². The van der Waals surface area contributed by atoms with E-state index in [4.69, 9.17) is 21.7 Å². The van der Waals surface area contributed by atoms with Gasteiger partial charge in [0.05, 0.1) is 19.9 Å². The van der Waals surface area contributed by atoms with Crippen molar-refractivity contribution in [2.75, 3.05) is 19.0 Å². The molecule has 7 heteroatoms. The Bertz CT molecular complexity index is 720. The van der Waals surface area contributed by atoms with Gasteiger partial charge in [0.25, 0.3) is 0 Å². The molecule has 0 heterocycles. The lowest BCUT2D eigenvalue weighted by Crippen LogP contribution is -2.23. The molecule has 0 aliphatic carbocycles. The van der Waals surface area contributed by atoms with Crippen molar-refractivity contribution in [1.29, 1.82) is 0 Å². The van der Waals surface area contributed by atoms with Crippen LogP contribution in [0.4, 0.5) is 10.1 Å². The van der Waals surface area contributed by atoms with Crippen LogP contribution in [0.15, 0.2) is 47.6 Å². The number of thiocarbonyl (C=S) groups is 1. The molecule has 0 aliphatic rings. The molecule has 2 aromatic rings. The Morgan fingerprint density at radius 2 is 1.96 bits per heavy atom. The van der Waals surface area contributed by atoms with Crippen LogP contribution in [0, 0.1) is 5.82 Å². The molecule has 0 unspecified atom stereocenters. The second-order valence-electron chi connectivity index (χ2n) is 4.67. The fraction of sp³-hybridized carbons (Fsp3) is 0.176. The number of hydrazone groups is 1. The van der Waals surface area contributed by atoms with E-state index in [9.17, 15) is 4.39 Å². The Balaban J connectivity index is 1.93. The number of nitrogens with zero attached hydrogens (tertiary/aromatic N) is 1. The third-order valence-electron chi connectivity index (χ3n) is 2.97. The maximum Gasteiger partial charge on any atom is 0.191 e. The van der Waals surface area contributed by atoms with Gasteiger partial charge in [-0.3, -0.25) is 5.43 Å². The van der Waals surface area contributed by atoms with E-state index in [1.54, 1.807) is 25.5 Å². The summed E-state index contributed by atoms with van der Waals surface area (Å²) < 4.78 is 23.6. The molecule has 0 radical (unpaired) electrons. The second kappa shape index (κ2) is 8.83. The van der Waals surface area contributed by atoms with Crippen LogP contribution in [0.3, 0.4) is 0 Å². The molecule has 2 rings (SSSR count). The van der Waals surface area contributed by atoms with Gasteiger partial charge in [-0.15, -0.1) is 0 Å². The highest BCUT2D eigenvalue weighted by Gasteiger charge is 2.04. The highest BCUT2D eigenvalue weighted by atomic mass is 32.1. The van der Waals surface area contributed by atoms with Crippen molar-refractivity contribution in [2.24, 2.45) is 5.10 Å². The molecule has 0 saturated heterocycles. The van der Waals surface area contributed by atoms with Crippen molar-refractivity contribution < 1.29 is 13.9 Å². The number of halogens is 1. The van der Waals surface area contributed by atoms with E-state index in [0.29, 0.717) is 28.9 Å². The molecular formula is C17H18FN3O2S. The maximum atomic E-state index is 12.8. The second-order valence-corrected chi connectivity index (χ2v) is 5.08. The van der Waals surface area contributed by atoms with Crippen molar-refractivity contribution in [3.05, 3.63) is 53.8 Å². The first-order chi connectivity index (χ1) is 11.6. The molecule has 0 atom stereocenters. The number of nitrogens with one attached hydrogen (secondary N) is 2. The minimum Gasteiger partial charge on any atom is -0.493 e. The van der Waals surface area contributed by atoms with Crippen LogP contribution in [0.25, 0.3) is 0 Å². The predicted molar refractivity (Wildman–Crippen MR) is 97.5 cm³/mol. The average Bonchev–Trinajstić information content (AvgIpc) is 2.58. The summed E-state index contributed by atoms with van der Waals surface area (Å²) in [5, 5.41) is 7.26. The van der Waals surface area contributed by atoms with Gasteiger partial charge in [0.1, 0.15) is 5.82 Å². The third kappa shape index (κ3) is 5.20. The van der Waals surface area contributed by atoms with Crippen molar-refractivity contribution >= 4 is 29.2 Å². The molecule has 0 saturated carbocycles. The normalized spacial score (nSPS) is 10.5. The number of hydrogen-bond donors (Lipinski definition) is 2. The first-order valence-corrected chi connectivity index (χ1v) is 7.69. The van der Waals surface area contributed by atoms with E-state index >= 15 is 0 Å². The molecule has 5 nitrogen and oxygen atoms in total. The van der Waals surface area contributed by atoms with Crippen molar-refractivity contribution in [3.8, 4) is 11.5 Å². The molecule has 0 amide bonds. The predicted octanol–water partition coefficient (Wildman–Crippen LogP) is 3.55. The summed E-state index contributed by atoms with van der Waals surface area (Å²) in [7, 11) is 1.58. The monoisotopic (exact) mass is 347 g/mol. The van der Waals surface area contributed by atoms with Gasteiger partial charge in [-0.1, -0.05) is 0 Å². The molecule has 126 valence electrons. The number of hydrogen-bond acceptors (Lipinski definition) is 4. The van der Waals surface area contributed by atoms with Crippen LogP contribution in [0.1, 0.15) is 12.5 Å². The van der Waals surface area contributed by atoms with E-state index in [1.165, 1.54) is 12.1 Å². The van der Waals surface area contributed by atoms with Crippen molar-refractivity contribution in [2.45, 2.75) is 6.92 Å². The molecule has 0 fully saturated rings. The Morgan fingerprint density at radius 3 is 2.62 bits per heavy atom. The molecule has 0 aliphatic heterocycles. The fourth-order valence-corrected chi connectivity index (χ4v) is 2.07. The molecule has 0 spiro atoms. The molecule has 2 aromatic carbocycles. The summed E-state index contributed by atoms with van der Waals surface area (Å²) in [6.45, 7) is 2.47. The molecule has 24 heavy (non-hydrogen) atoms. The van der Waals surface area contributed by atoms with E-state index in [-0.39, 0.29) is 5.82 Å². The van der Waals surface area contributed by atoms with Gasteiger partial charge in [0.15, 0.2) is 16.6 Å². The summed E-state index contributed by atoms with van der Waals surface area (Å²) in [6, 6.07) is 11.4. The summed E-state index contributed by atoms with van der Waals surface area (Å²) >= 11 is 5.11. The lowest BCUT2D eigenvalue weighted by atomic mass is 10.2. The van der Waals surface area contributed by atoms with Gasteiger partial charge in [-0.05, 0) is 67.2 Å². The zero-order chi connectivity index (χ0) is 17.4. The van der Waals surface area contributed by atoms with E-state index in [1.807, 2.05) is 25.1 Å². The zero-order valence-electron chi connectivity index (χ0n) is 13.4. The minimum atomic E-state index is -0.304. The smallest absolute Gasteiger partial charge is 0.191 e. The number of rotatable bonds is 6. The highest BCUT2D eigenvalue weighted by Crippen LogP contribution is 2.27. The Hall–Kier alpha value is -2.67. The number of ether oxygens (including phenoxy) is 2. The number of benzene rings is 2. The first kappa shape index (κ1) is 17.7. The SMILES string of the molecule is CCOc1ccc(/C=N\NC(=S)Nc2ccc(F)cc2)cc1OC. The topological polar surface area (TPSA) is 54.9 Å². The lowest BCUT2D eigenvalue weighted by molar-refractivity contribution is 0.311. The lowest BCUT2D eigenvalue weighted by Gasteiger charge is -2.09. The number of anilines is 1. The number of methoxy groups -OCH3 is 1. The minimum absolute atomic E-state index is 0.302. The summed E-state index contributed by atoms with van der Waals surface area (Å²) in [5.41, 5.74) is 4.19. The molecular weight excluding hydrogens is 329 g/mol. The summed E-state index contributed by atoms with van der Waals surface area (Å²) in [6.07, 6.45) is 1.61. The largest absolute Gasteiger partial charge is 0.493 e. The van der Waals surface area contributed by atoms with Gasteiger partial charge in [0, 0.05) is 5.69 Å². The van der Waals surface area contributed by atoms with Crippen LogP contribution < -0.4 is 20.2 Å². The Kier molecular flexibility index (Phi) is 6.51. The first-order valence-electron chi connectivity index (χ1n) is 7.29. The van der Waals surface area contributed by atoms with Crippen molar-refractivity contribution in [3.63, 3.8) is 0 Å². The quantitative estimate of drug-likeness (QED) is 0.475. The Morgan fingerprint density at radius 1 is 1.21 bits per heavy atom. The average molecular weight is 347 g/mol. The van der Waals surface area contributed by atoms with Crippen LogP contribution in [-0.4, -0.2) is 25.0 Å². The summed E-state index contributed by atoms with van der Waals surface area (Å²) in [5.74, 6) is 1.01. The van der Waals surface area contributed by atoms with Gasteiger partial charge < -0.3 is 14.8 Å². The highest BCUT2D eigenvalue weighted by molar-refractivity contribution is 7.80.